The van der Waals surface area contributed by atoms with Crippen LogP contribution in [0.3, 0.4) is 0 Å². The Balaban J connectivity index is 0.00000169. The summed E-state index contributed by atoms with van der Waals surface area (Å²) < 4.78 is 35.8. The first-order valence-corrected chi connectivity index (χ1v) is 3.18. The van der Waals surface area contributed by atoms with Crippen molar-refractivity contribution in [2.45, 2.75) is 6.18 Å². The number of halogens is 4. The van der Waals surface area contributed by atoms with Crippen LogP contribution < -0.4 is 0 Å². The van der Waals surface area contributed by atoms with E-state index in [9.17, 15) is 18.0 Å². The first-order chi connectivity index (χ1) is 5.91. The maximum Gasteiger partial charge on any atom is 0.417 e. The molecule has 0 bridgehead atoms. The lowest BCUT2D eigenvalue weighted by Gasteiger charge is -2.04. The second-order valence-electron chi connectivity index (χ2n) is 2.24. The molecule has 0 atom stereocenters. The Kier molecular flexibility index (Phi) is 3.88. The molecule has 78 valence electrons. The fourth-order valence-electron chi connectivity index (χ4n) is 0.688. The van der Waals surface area contributed by atoms with Gasteiger partial charge in [0.25, 0.3) is 0 Å². The highest BCUT2D eigenvalue weighted by molar-refractivity contribution is 5.85. The highest BCUT2D eigenvalue weighted by Gasteiger charge is 2.30. The molecule has 0 unspecified atom stereocenters. The highest BCUT2D eigenvalue weighted by Crippen LogP contribution is 2.28. The van der Waals surface area contributed by atoms with Crippen LogP contribution in [-0.2, 0) is 6.18 Å². The van der Waals surface area contributed by atoms with Crippen molar-refractivity contribution in [3.8, 4) is 0 Å². The van der Waals surface area contributed by atoms with Gasteiger partial charge in [0, 0.05) is 6.20 Å². The average molecular weight is 228 g/mol. The Morgan fingerprint density at radius 3 is 2.21 bits per heavy atom. The van der Waals surface area contributed by atoms with E-state index in [-0.39, 0.29) is 12.4 Å². The zero-order chi connectivity index (χ0) is 10.1. The van der Waals surface area contributed by atoms with Gasteiger partial charge < -0.3 is 5.11 Å². The van der Waals surface area contributed by atoms with Gasteiger partial charge in [-0.1, -0.05) is 0 Å². The molecule has 0 spiro atoms. The molecule has 1 N–H and O–H groups in total. The number of aromatic nitrogens is 1. The molecule has 1 rings (SSSR count). The molecule has 0 aliphatic heterocycles. The van der Waals surface area contributed by atoms with Crippen LogP contribution in [0.15, 0.2) is 18.3 Å². The predicted octanol–water partition coefficient (Wildman–Crippen LogP) is 2.22. The van der Waals surface area contributed by atoms with E-state index >= 15 is 0 Å². The molecular weight excluding hydrogens is 223 g/mol. The molecule has 0 aliphatic rings. The number of aromatic carboxylic acids is 1. The van der Waals surface area contributed by atoms with Crippen LogP contribution in [0.5, 0.6) is 0 Å². The molecule has 3 nitrogen and oxygen atoms in total. The average Bonchev–Trinajstić information content (AvgIpc) is 2.03. The Morgan fingerprint density at radius 1 is 1.36 bits per heavy atom. The third-order valence-corrected chi connectivity index (χ3v) is 1.31. The van der Waals surface area contributed by atoms with Crippen molar-refractivity contribution in [3.63, 3.8) is 0 Å². The number of carbonyl (C=O) groups is 1. The molecule has 14 heavy (non-hydrogen) atoms. The summed E-state index contributed by atoms with van der Waals surface area (Å²) in [5.74, 6) is -1.35. The van der Waals surface area contributed by atoms with Crippen molar-refractivity contribution in [2.24, 2.45) is 0 Å². The molecule has 0 aliphatic carbocycles. The number of carboxylic acid groups (broad SMARTS) is 1. The van der Waals surface area contributed by atoms with E-state index in [2.05, 4.69) is 4.98 Å². The lowest BCUT2D eigenvalue weighted by atomic mass is 10.2. The van der Waals surface area contributed by atoms with E-state index in [0.29, 0.717) is 12.3 Å². The largest absolute Gasteiger partial charge is 0.477 e. The monoisotopic (exact) mass is 227 g/mol. The van der Waals surface area contributed by atoms with Crippen molar-refractivity contribution in [1.29, 1.82) is 0 Å². The standard InChI is InChI=1S/C7H4F3NO2.ClH/c8-7(9,10)4-1-2-5(6(12)13)11-3-4;/h1-3H,(H,12,13);1H. The third kappa shape index (κ3) is 2.88. The van der Waals surface area contributed by atoms with Crippen LogP contribution in [0.1, 0.15) is 16.1 Å². The van der Waals surface area contributed by atoms with Crippen molar-refractivity contribution >= 4 is 18.4 Å². The van der Waals surface area contributed by atoms with E-state index < -0.39 is 23.4 Å². The van der Waals surface area contributed by atoms with E-state index in [0.717, 1.165) is 6.07 Å². The minimum absolute atomic E-state index is 0. The normalized spacial score (nSPS) is 10.5. The summed E-state index contributed by atoms with van der Waals surface area (Å²) in [6.07, 6.45) is -3.99. The minimum atomic E-state index is -4.48. The van der Waals surface area contributed by atoms with Gasteiger partial charge in [0.1, 0.15) is 5.69 Å². The van der Waals surface area contributed by atoms with Gasteiger partial charge in [-0.3, -0.25) is 0 Å². The second-order valence-corrected chi connectivity index (χ2v) is 2.24. The summed E-state index contributed by atoms with van der Waals surface area (Å²) in [5, 5.41) is 8.33. The lowest BCUT2D eigenvalue weighted by molar-refractivity contribution is -0.137. The first-order valence-electron chi connectivity index (χ1n) is 3.18. The van der Waals surface area contributed by atoms with Crippen LogP contribution >= 0.6 is 12.4 Å². The summed E-state index contributed by atoms with van der Waals surface area (Å²) in [7, 11) is 0. The van der Waals surface area contributed by atoms with E-state index in [1.54, 1.807) is 0 Å². The predicted molar refractivity (Wildman–Crippen MR) is 43.4 cm³/mol. The van der Waals surface area contributed by atoms with Gasteiger partial charge in [0.2, 0.25) is 0 Å². The molecular formula is C7H5ClF3NO2. The fourth-order valence-corrected chi connectivity index (χ4v) is 0.688. The maximum absolute atomic E-state index is 11.9. The Bertz CT molecular complexity index is 323. The van der Waals surface area contributed by atoms with Gasteiger partial charge in [0.05, 0.1) is 5.56 Å². The first kappa shape index (κ1) is 12.7. The molecule has 1 aromatic rings. The Morgan fingerprint density at radius 2 is 1.93 bits per heavy atom. The molecule has 7 heteroatoms. The van der Waals surface area contributed by atoms with E-state index in [1.807, 2.05) is 0 Å². The van der Waals surface area contributed by atoms with Gasteiger partial charge in [-0.05, 0) is 12.1 Å². The Labute approximate surface area is 83.0 Å². The number of rotatable bonds is 1. The third-order valence-electron chi connectivity index (χ3n) is 1.31. The number of carboxylic acids is 1. The van der Waals surface area contributed by atoms with Crippen LogP contribution in [0.2, 0.25) is 0 Å². The molecule has 0 radical (unpaired) electrons. The SMILES string of the molecule is Cl.O=C(O)c1ccc(C(F)(F)F)cn1. The molecule has 1 aromatic heterocycles. The molecule has 0 saturated carbocycles. The van der Waals surface area contributed by atoms with Gasteiger partial charge in [-0.2, -0.15) is 13.2 Å². The Hall–Kier alpha value is -1.30. The summed E-state index contributed by atoms with van der Waals surface area (Å²) >= 11 is 0. The van der Waals surface area contributed by atoms with Gasteiger partial charge in [-0.25, -0.2) is 9.78 Å². The fraction of sp³-hybridized carbons (Fsp3) is 0.143. The summed E-state index contributed by atoms with van der Waals surface area (Å²) in [6.45, 7) is 0. The van der Waals surface area contributed by atoms with Crippen molar-refractivity contribution in [3.05, 3.63) is 29.6 Å². The number of pyridine rings is 1. The summed E-state index contributed by atoms with van der Waals surface area (Å²) in [6, 6.07) is 1.49. The smallest absolute Gasteiger partial charge is 0.417 e. The molecule has 0 aromatic carbocycles. The second kappa shape index (κ2) is 4.28. The molecule has 1 heterocycles. The molecule has 0 amide bonds. The van der Waals surface area contributed by atoms with E-state index in [1.165, 1.54) is 0 Å². The number of hydrogen-bond acceptors (Lipinski definition) is 2. The zero-order valence-electron chi connectivity index (χ0n) is 6.58. The van der Waals surface area contributed by atoms with Gasteiger partial charge in [0.15, 0.2) is 0 Å². The van der Waals surface area contributed by atoms with Crippen molar-refractivity contribution < 1.29 is 23.1 Å². The maximum atomic E-state index is 11.9. The molecule has 0 saturated heterocycles. The topological polar surface area (TPSA) is 50.2 Å². The highest BCUT2D eigenvalue weighted by atomic mass is 35.5. The number of nitrogens with zero attached hydrogens (tertiary/aromatic N) is 1. The molecule has 0 fully saturated rings. The van der Waals surface area contributed by atoms with Crippen LogP contribution in [-0.4, -0.2) is 16.1 Å². The van der Waals surface area contributed by atoms with Gasteiger partial charge in [-0.15, -0.1) is 12.4 Å². The zero-order valence-corrected chi connectivity index (χ0v) is 7.39. The van der Waals surface area contributed by atoms with Crippen LogP contribution in [0.25, 0.3) is 0 Å². The van der Waals surface area contributed by atoms with Crippen molar-refractivity contribution in [1.82, 2.24) is 4.98 Å². The van der Waals surface area contributed by atoms with Gasteiger partial charge >= 0.3 is 12.1 Å². The summed E-state index contributed by atoms with van der Waals surface area (Å²) in [5.41, 5.74) is -1.37. The van der Waals surface area contributed by atoms with Crippen LogP contribution in [0.4, 0.5) is 13.2 Å². The number of alkyl halides is 3. The van der Waals surface area contributed by atoms with Crippen molar-refractivity contribution in [2.75, 3.05) is 0 Å². The summed E-state index contributed by atoms with van der Waals surface area (Å²) in [4.78, 5) is 13.3. The minimum Gasteiger partial charge on any atom is -0.477 e. The van der Waals surface area contributed by atoms with Crippen LogP contribution in [0, 0.1) is 0 Å². The quantitative estimate of drug-likeness (QED) is 0.800. The number of hydrogen-bond donors (Lipinski definition) is 1. The lowest BCUT2D eigenvalue weighted by Crippen LogP contribution is -2.07. The van der Waals surface area contributed by atoms with E-state index in [4.69, 9.17) is 5.11 Å².